The van der Waals surface area contributed by atoms with Crippen LogP contribution in [0.25, 0.3) is 0 Å². The first-order chi connectivity index (χ1) is 9.15. The molecule has 0 amide bonds. The first-order valence-corrected chi connectivity index (χ1v) is 5.96. The molecule has 2 rings (SSSR count). The standard InChI is InChI=1S/C15H18N2O2/c1-18-15(19-2,11-7-4-3-5-8-11)12-9-6-10-13(16)14(12)17/h3-10H,16-17H2,1-2H3. The number of benzene rings is 2. The van der Waals surface area contributed by atoms with Gasteiger partial charge in [-0.05, 0) is 6.07 Å². The largest absolute Gasteiger partial charge is 0.397 e. The second kappa shape index (κ2) is 5.30. The zero-order valence-electron chi connectivity index (χ0n) is 11.1. The molecule has 0 fully saturated rings. The predicted molar refractivity (Wildman–Crippen MR) is 76.5 cm³/mol. The molecule has 0 saturated heterocycles. The fourth-order valence-electron chi connectivity index (χ4n) is 2.22. The van der Waals surface area contributed by atoms with E-state index < -0.39 is 5.79 Å². The SMILES string of the molecule is COC(OC)(c1ccccc1)c1cccc(N)c1N. The summed E-state index contributed by atoms with van der Waals surface area (Å²) in [5.74, 6) is -1.05. The van der Waals surface area contributed by atoms with E-state index in [-0.39, 0.29) is 0 Å². The molecule has 4 nitrogen and oxygen atoms in total. The van der Waals surface area contributed by atoms with E-state index in [0.717, 1.165) is 5.56 Å². The number of hydrogen-bond acceptors (Lipinski definition) is 4. The van der Waals surface area contributed by atoms with Gasteiger partial charge < -0.3 is 20.9 Å². The molecule has 0 aliphatic carbocycles. The van der Waals surface area contributed by atoms with E-state index in [1.54, 1.807) is 20.3 Å². The molecule has 0 aliphatic heterocycles. The van der Waals surface area contributed by atoms with Crippen LogP contribution in [0.1, 0.15) is 11.1 Å². The molecule has 4 N–H and O–H groups in total. The number of hydrogen-bond donors (Lipinski definition) is 2. The summed E-state index contributed by atoms with van der Waals surface area (Å²) in [6.07, 6.45) is 0. The zero-order valence-corrected chi connectivity index (χ0v) is 11.1. The van der Waals surface area contributed by atoms with Crippen LogP contribution in [0, 0.1) is 0 Å². The lowest BCUT2D eigenvalue weighted by atomic mass is 9.95. The van der Waals surface area contributed by atoms with Gasteiger partial charge in [0.2, 0.25) is 5.79 Å². The van der Waals surface area contributed by atoms with E-state index in [2.05, 4.69) is 0 Å². The Morgan fingerprint density at radius 3 is 2.05 bits per heavy atom. The van der Waals surface area contributed by atoms with E-state index >= 15 is 0 Å². The number of rotatable bonds is 4. The van der Waals surface area contributed by atoms with Crippen LogP contribution in [0.2, 0.25) is 0 Å². The molecule has 4 heteroatoms. The van der Waals surface area contributed by atoms with Crippen LogP contribution in [0.5, 0.6) is 0 Å². The molecule has 0 saturated carbocycles. The minimum Gasteiger partial charge on any atom is -0.397 e. The Kier molecular flexibility index (Phi) is 3.74. The van der Waals surface area contributed by atoms with Crippen LogP contribution in [0.15, 0.2) is 48.5 Å². The third-order valence-corrected chi connectivity index (χ3v) is 3.22. The van der Waals surface area contributed by atoms with E-state index in [1.165, 1.54) is 0 Å². The number of nitrogens with two attached hydrogens (primary N) is 2. The van der Waals surface area contributed by atoms with Crippen molar-refractivity contribution in [1.82, 2.24) is 0 Å². The maximum atomic E-state index is 6.07. The summed E-state index contributed by atoms with van der Waals surface area (Å²) in [4.78, 5) is 0. The molecule has 2 aromatic carbocycles. The quantitative estimate of drug-likeness (QED) is 0.652. The number of para-hydroxylation sites is 1. The summed E-state index contributed by atoms with van der Waals surface area (Å²) < 4.78 is 11.3. The molecule has 0 heterocycles. The van der Waals surface area contributed by atoms with Gasteiger partial charge in [-0.1, -0.05) is 42.5 Å². The Bertz CT molecular complexity index is 551. The van der Waals surface area contributed by atoms with Crippen molar-refractivity contribution in [2.75, 3.05) is 25.7 Å². The van der Waals surface area contributed by atoms with Crippen molar-refractivity contribution in [3.05, 3.63) is 59.7 Å². The van der Waals surface area contributed by atoms with Crippen LogP contribution < -0.4 is 11.5 Å². The van der Waals surface area contributed by atoms with Crippen LogP contribution in [0.4, 0.5) is 11.4 Å². The van der Waals surface area contributed by atoms with Crippen LogP contribution in [-0.4, -0.2) is 14.2 Å². The molecular weight excluding hydrogens is 240 g/mol. The van der Waals surface area contributed by atoms with Gasteiger partial charge in [0.1, 0.15) is 0 Å². The smallest absolute Gasteiger partial charge is 0.223 e. The maximum absolute atomic E-state index is 6.07. The topological polar surface area (TPSA) is 70.5 Å². The van der Waals surface area contributed by atoms with Crippen molar-refractivity contribution in [1.29, 1.82) is 0 Å². The average molecular weight is 258 g/mol. The summed E-state index contributed by atoms with van der Waals surface area (Å²) >= 11 is 0. The van der Waals surface area contributed by atoms with Gasteiger partial charge in [-0.2, -0.15) is 0 Å². The molecule has 0 spiro atoms. The first kappa shape index (κ1) is 13.4. The summed E-state index contributed by atoms with van der Waals surface area (Å²) in [6.45, 7) is 0. The highest BCUT2D eigenvalue weighted by Crippen LogP contribution is 2.38. The Hall–Kier alpha value is -2.04. The third kappa shape index (κ3) is 2.16. The Morgan fingerprint density at radius 2 is 1.47 bits per heavy atom. The molecule has 100 valence electrons. The molecule has 0 atom stereocenters. The lowest BCUT2D eigenvalue weighted by Crippen LogP contribution is -2.33. The normalized spacial score (nSPS) is 11.5. The molecule has 0 bridgehead atoms. The lowest BCUT2D eigenvalue weighted by molar-refractivity contribution is -0.183. The van der Waals surface area contributed by atoms with E-state index in [0.29, 0.717) is 16.9 Å². The summed E-state index contributed by atoms with van der Waals surface area (Å²) in [7, 11) is 3.16. The van der Waals surface area contributed by atoms with Gasteiger partial charge in [0.25, 0.3) is 0 Å². The number of ether oxygens (including phenoxy) is 2. The van der Waals surface area contributed by atoms with Crippen LogP contribution >= 0.6 is 0 Å². The van der Waals surface area contributed by atoms with E-state index in [9.17, 15) is 0 Å². The highest BCUT2D eigenvalue weighted by molar-refractivity contribution is 5.69. The van der Waals surface area contributed by atoms with Gasteiger partial charge in [-0.15, -0.1) is 0 Å². The van der Waals surface area contributed by atoms with Crippen molar-refractivity contribution in [2.45, 2.75) is 5.79 Å². The Labute approximate surface area is 112 Å². The second-order valence-electron chi connectivity index (χ2n) is 4.20. The van der Waals surface area contributed by atoms with Gasteiger partial charge in [0.15, 0.2) is 0 Å². The fourth-order valence-corrected chi connectivity index (χ4v) is 2.22. The summed E-state index contributed by atoms with van der Waals surface area (Å²) in [5, 5.41) is 0. The predicted octanol–water partition coefficient (Wildman–Crippen LogP) is 2.34. The van der Waals surface area contributed by atoms with Gasteiger partial charge in [-0.25, -0.2) is 0 Å². The van der Waals surface area contributed by atoms with Gasteiger partial charge in [0, 0.05) is 25.3 Å². The van der Waals surface area contributed by atoms with Crippen molar-refractivity contribution < 1.29 is 9.47 Å². The number of nitrogen functional groups attached to an aromatic ring is 2. The molecule has 0 aliphatic rings. The van der Waals surface area contributed by atoms with Crippen molar-refractivity contribution in [2.24, 2.45) is 0 Å². The molecule has 0 aromatic heterocycles. The van der Waals surface area contributed by atoms with Crippen LogP contribution in [0.3, 0.4) is 0 Å². The van der Waals surface area contributed by atoms with Crippen molar-refractivity contribution >= 4 is 11.4 Å². The minimum atomic E-state index is -1.05. The Balaban J connectivity index is 2.66. The summed E-state index contributed by atoms with van der Waals surface area (Å²) in [5.41, 5.74) is 14.5. The number of anilines is 2. The maximum Gasteiger partial charge on any atom is 0.223 e. The van der Waals surface area contributed by atoms with Crippen molar-refractivity contribution in [3.63, 3.8) is 0 Å². The van der Waals surface area contributed by atoms with Crippen molar-refractivity contribution in [3.8, 4) is 0 Å². The Morgan fingerprint density at radius 1 is 0.842 bits per heavy atom. The number of methoxy groups -OCH3 is 2. The van der Waals surface area contributed by atoms with E-state index in [4.69, 9.17) is 20.9 Å². The molecule has 19 heavy (non-hydrogen) atoms. The van der Waals surface area contributed by atoms with E-state index in [1.807, 2.05) is 42.5 Å². The first-order valence-electron chi connectivity index (χ1n) is 5.96. The minimum absolute atomic E-state index is 0.468. The molecule has 0 radical (unpaired) electrons. The molecular formula is C15H18N2O2. The van der Waals surface area contributed by atoms with Gasteiger partial charge >= 0.3 is 0 Å². The van der Waals surface area contributed by atoms with Gasteiger partial charge in [-0.3, -0.25) is 0 Å². The highest BCUT2D eigenvalue weighted by atomic mass is 16.7. The van der Waals surface area contributed by atoms with Gasteiger partial charge in [0.05, 0.1) is 11.4 Å². The average Bonchev–Trinajstić information content (AvgIpc) is 2.46. The monoisotopic (exact) mass is 258 g/mol. The van der Waals surface area contributed by atoms with Crippen LogP contribution in [-0.2, 0) is 15.3 Å². The summed E-state index contributed by atoms with van der Waals surface area (Å²) in [6, 6.07) is 15.1. The highest BCUT2D eigenvalue weighted by Gasteiger charge is 2.36. The zero-order chi connectivity index (χ0) is 13.9. The molecule has 0 unspecified atom stereocenters. The second-order valence-corrected chi connectivity index (χ2v) is 4.20. The third-order valence-electron chi connectivity index (χ3n) is 3.22. The fraction of sp³-hybridized carbons (Fsp3) is 0.200. The molecule has 2 aromatic rings. The lowest BCUT2D eigenvalue weighted by Gasteiger charge is -2.33.